The maximum Gasteiger partial charge on any atom is 0.220 e. The second-order valence-electron chi connectivity index (χ2n) is 5.54. The van der Waals surface area contributed by atoms with Crippen molar-refractivity contribution in [3.8, 4) is 11.3 Å². The maximum atomic E-state index is 11.9. The van der Waals surface area contributed by atoms with Crippen LogP contribution >= 0.6 is 11.6 Å². The highest BCUT2D eigenvalue weighted by atomic mass is 35.5. The SMILES string of the molecule is O=C(CCc1ccc(-c2ccc(Cl)cc2)o1)NCc1ccccc1. The van der Waals surface area contributed by atoms with Gasteiger partial charge in [0.15, 0.2) is 0 Å². The molecule has 2 aromatic carbocycles. The molecule has 0 aliphatic rings. The van der Waals surface area contributed by atoms with Crippen molar-refractivity contribution >= 4 is 17.5 Å². The van der Waals surface area contributed by atoms with E-state index in [0.29, 0.717) is 24.4 Å². The highest BCUT2D eigenvalue weighted by Gasteiger charge is 2.07. The summed E-state index contributed by atoms with van der Waals surface area (Å²) >= 11 is 5.89. The second kappa shape index (κ2) is 7.84. The summed E-state index contributed by atoms with van der Waals surface area (Å²) in [7, 11) is 0. The first-order valence-corrected chi connectivity index (χ1v) is 8.24. The first-order chi connectivity index (χ1) is 11.7. The molecule has 3 nitrogen and oxygen atoms in total. The molecule has 24 heavy (non-hydrogen) atoms. The van der Waals surface area contributed by atoms with Gasteiger partial charge in [-0.2, -0.15) is 0 Å². The van der Waals surface area contributed by atoms with E-state index in [4.69, 9.17) is 16.0 Å². The minimum atomic E-state index is 0.0169. The number of hydrogen-bond donors (Lipinski definition) is 1. The number of benzene rings is 2. The van der Waals surface area contributed by atoms with Crippen molar-refractivity contribution in [1.29, 1.82) is 0 Å². The van der Waals surface area contributed by atoms with Crippen LogP contribution in [0.2, 0.25) is 5.02 Å². The van der Waals surface area contributed by atoms with Gasteiger partial charge in [-0.25, -0.2) is 0 Å². The van der Waals surface area contributed by atoms with Crippen LogP contribution in [0.25, 0.3) is 11.3 Å². The van der Waals surface area contributed by atoms with E-state index in [-0.39, 0.29) is 5.91 Å². The Morgan fingerprint density at radius 3 is 2.46 bits per heavy atom. The minimum Gasteiger partial charge on any atom is -0.461 e. The molecule has 1 aromatic heterocycles. The predicted molar refractivity (Wildman–Crippen MR) is 95.8 cm³/mol. The van der Waals surface area contributed by atoms with E-state index in [0.717, 1.165) is 22.6 Å². The quantitative estimate of drug-likeness (QED) is 0.697. The minimum absolute atomic E-state index is 0.0169. The summed E-state index contributed by atoms with van der Waals surface area (Å²) in [5.74, 6) is 1.60. The smallest absolute Gasteiger partial charge is 0.220 e. The molecule has 1 amide bonds. The van der Waals surface area contributed by atoms with Gasteiger partial charge < -0.3 is 9.73 Å². The molecule has 0 fully saturated rings. The molecule has 3 aromatic rings. The summed E-state index contributed by atoms with van der Waals surface area (Å²) in [4.78, 5) is 11.9. The second-order valence-corrected chi connectivity index (χ2v) is 5.97. The molecule has 0 bridgehead atoms. The van der Waals surface area contributed by atoms with Gasteiger partial charge in [0.05, 0.1) is 0 Å². The Morgan fingerprint density at radius 1 is 0.958 bits per heavy atom. The normalized spacial score (nSPS) is 10.5. The monoisotopic (exact) mass is 339 g/mol. The lowest BCUT2D eigenvalue weighted by molar-refractivity contribution is -0.121. The first kappa shape index (κ1) is 16.3. The number of furan rings is 1. The van der Waals surface area contributed by atoms with Crippen molar-refractivity contribution in [3.63, 3.8) is 0 Å². The number of aryl methyl sites for hydroxylation is 1. The zero-order valence-electron chi connectivity index (χ0n) is 13.2. The Labute approximate surface area is 146 Å². The fraction of sp³-hybridized carbons (Fsp3) is 0.150. The summed E-state index contributed by atoms with van der Waals surface area (Å²) in [6.07, 6.45) is 0.981. The summed E-state index contributed by atoms with van der Waals surface area (Å²) in [5.41, 5.74) is 2.06. The van der Waals surface area contributed by atoms with Gasteiger partial charge in [0.2, 0.25) is 5.91 Å². The number of rotatable bonds is 6. The molecule has 0 radical (unpaired) electrons. The zero-order valence-corrected chi connectivity index (χ0v) is 13.9. The molecule has 122 valence electrons. The summed E-state index contributed by atoms with van der Waals surface area (Å²) in [6, 6.07) is 21.2. The fourth-order valence-corrected chi connectivity index (χ4v) is 2.53. The molecule has 3 rings (SSSR count). The highest BCUT2D eigenvalue weighted by Crippen LogP contribution is 2.24. The van der Waals surface area contributed by atoms with Crippen LogP contribution in [0.3, 0.4) is 0 Å². The number of carbonyl (C=O) groups is 1. The molecule has 0 atom stereocenters. The molecule has 0 saturated heterocycles. The largest absolute Gasteiger partial charge is 0.461 e. The van der Waals surface area contributed by atoms with Gasteiger partial charge in [0.25, 0.3) is 0 Å². The Bertz CT molecular complexity index is 794. The first-order valence-electron chi connectivity index (χ1n) is 7.86. The zero-order chi connectivity index (χ0) is 16.8. The fourth-order valence-electron chi connectivity index (χ4n) is 2.40. The lowest BCUT2D eigenvalue weighted by Crippen LogP contribution is -2.22. The van der Waals surface area contributed by atoms with Crippen LogP contribution in [-0.4, -0.2) is 5.91 Å². The van der Waals surface area contributed by atoms with Gasteiger partial charge >= 0.3 is 0 Å². The van der Waals surface area contributed by atoms with Gasteiger partial charge in [0, 0.05) is 30.0 Å². The molecular formula is C20H18ClNO2. The summed E-state index contributed by atoms with van der Waals surface area (Å²) in [6.45, 7) is 0.549. The predicted octanol–water partition coefficient (Wildman–Crippen LogP) is 4.85. The third kappa shape index (κ3) is 4.49. The van der Waals surface area contributed by atoms with Gasteiger partial charge in [-0.15, -0.1) is 0 Å². The average Bonchev–Trinajstić information content (AvgIpc) is 3.09. The van der Waals surface area contributed by atoms with Gasteiger partial charge in [-0.05, 0) is 42.0 Å². The third-order valence-corrected chi connectivity index (χ3v) is 3.97. The van der Waals surface area contributed by atoms with Gasteiger partial charge in [-0.3, -0.25) is 4.79 Å². The molecular weight excluding hydrogens is 322 g/mol. The van der Waals surface area contributed by atoms with Crippen LogP contribution in [0.5, 0.6) is 0 Å². The molecule has 0 unspecified atom stereocenters. The van der Waals surface area contributed by atoms with Crippen molar-refractivity contribution in [2.24, 2.45) is 0 Å². The number of hydrogen-bond acceptors (Lipinski definition) is 2. The van der Waals surface area contributed by atoms with Crippen molar-refractivity contribution < 1.29 is 9.21 Å². The third-order valence-electron chi connectivity index (χ3n) is 3.72. The average molecular weight is 340 g/mol. The maximum absolute atomic E-state index is 11.9. The van der Waals surface area contributed by atoms with E-state index in [1.807, 2.05) is 66.7 Å². The molecule has 1 heterocycles. The van der Waals surface area contributed by atoms with Crippen LogP contribution in [0, 0.1) is 0 Å². The van der Waals surface area contributed by atoms with Crippen LogP contribution in [0.15, 0.2) is 71.1 Å². The Morgan fingerprint density at radius 2 is 1.71 bits per heavy atom. The van der Waals surface area contributed by atoms with Crippen LogP contribution < -0.4 is 5.32 Å². The summed E-state index contributed by atoms with van der Waals surface area (Å²) in [5, 5.41) is 3.61. The lowest BCUT2D eigenvalue weighted by Gasteiger charge is -2.04. The number of carbonyl (C=O) groups excluding carboxylic acids is 1. The van der Waals surface area contributed by atoms with Crippen molar-refractivity contribution in [2.45, 2.75) is 19.4 Å². The number of nitrogens with one attached hydrogen (secondary N) is 1. The van der Waals surface area contributed by atoms with Crippen LogP contribution in [0.4, 0.5) is 0 Å². The van der Waals surface area contributed by atoms with Crippen molar-refractivity contribution in [2.75, 3.05) is 0 Å². The van der Waals surface area contributed by atoms with Crippen LogP contribution in [-0.2, 0) is 17.8 Å². The van der Waals surface area contributed by atoms with E-state index in [9.17, 15) is 4.79 Å². The van der Waals surface area contributed by atoms with Crippen LogP contribution in [0.1, 0.15) is 17.7 Å². The topological polar surface area (TPSA) is 42.2 Å². The Kier molecular flexibility index (Phi) is 5.34. The number of halogens is 1. The van der Waals surface area contributed by atoms with Gasteiger partial charge in [0.1, 0.15) is 11.5 Å². The van der Waals surface area contributed by atoms with Gasteiger partial charge in [-0.1, -0.05) is 41.9 Å². The molecule has 0 spiro atoms. The Hall–Kier alpha value is -2.52. The highest BCUT2D eigenvalue weighted by molar-refractivity contribution is 6.30. The lowest BCUT2D eigenvalue weighted by atomic mass is 10.2. The molecule has 0 saturated carbocycles. The van der Waals surface area contributed by atoms with Crippen molar-refractivity contribution in [3.05, 3.63) is 83.1 Å². The van der Waals surface area contributed by atoms with E-state index in [1.54, 1.807) is 0 Å². The van der Waals surface area contributed by atoms with Crippen molar-refractivity contribution in [1.82, 2.24) is 5.32 Å². The standard InChI is InChI=1S/C20H18ClNO2/c21-17-8-6-16(7-9-17)19-12-10-18(24-19)11-13-20(23)22-14-15-4-2-1-3-5-15/h1-10,12H,11,13-14H2,(H,22,23). The Balaban J connectivity index is 1.50. The summed E-state index contributed by atoms with van der Waals surface area (Å²) < 4.78 is 5.80. The molecule has 0 aliphatic heterocycles. The van der Waals surface area contributed by atoms with E-state index < -0.39 is 0 Å². The van der Waals surface area contributed by atoms with E-state index >= 15 is 0 Å². The molecule has 1 N–H and O–H groups in total. The molecule has 4 heteroatoms. The number of amides is 1. The molecule has 0 aliphatic carbocycles. The van der Waals surface area contributed by atoms with E-state index in [1.165, 1.54) is 0 Å². The van der Waals surface area contributed by atoms with E-state index in [2.05, 4.69) is 5.32 Å².